The van der Waals surface area contributed by atoms with Crippen LogP contribution in [0.1, 0.15) is 38.8 Å². The van der Waals surface area contributed by atoms with Crippen molar-refractivity contribution in [2.45, 2.75) is 33.1 Å². The van der Waals surface area contributed by atoms with Crippen LogP contribution >= 0.6 is 0 Å². The second-order valence-electron chi connectivity index (χ2n) is 15.6. The summed E-state index contributed by atoms with van der Waals surface area (Å²) < 4.78 is 11.5. The first-order chi connectivity index (χ1) is 27.4. The first-order valence-corrected chi connectivity index (χ1v) is 19.5. The minimum atomic E-state index is -0.171. The summed E-state index contributed by atoms with van der Waals surface area (Å²) in [6.45, 7) is 9.41. The number of aromatic nitrogens is 5. The maximum absolute atomic E-state index is 6.82. The van der Waals surface area contributed by atoms with Crippen LogP contribution in [-0.2, 0) is 5.41 Å². The molecule has 11 rings (SSSR count). The maximum atomic E-state index is 6.82. The van der Waals surface area contributed by atoms with Gasteiger partial charge in [-0.1, -0.05) is 113 Å². The zero-order valence-electron chi connectivity index (χ0n) is 31.7. The Morgan fingerprint density at radius 2 is 1.23 bits per heavy atom. The molecule has 1 aliphatic heterocycles. The van der Waals surface area contributed by atoms with Crippen molar-refractivity contribution >= 4 is 49.3 Å². The van der Waals surface area contributed by atoms with E-state index >= 15 is 0 Å². The Balaban J connectivity index is 1.12. The number of hydrogen-bond acceptors (Lipinski definition) is 4. The molecule has 1 aliphatic rings. The van der Waals surface area contributed by atoms with Crippen molar-refractivity contribution in [3.63, 3.8) is 0 Å². The molecule has 56 heavy (non-hydrogen) atoms. The standard InChI is InChI=1S/C50H39N5O/c1-30(2)50(31(3)4)40-19-11-18-38-36-24-22-35(29-43(36)55(47(38)40)49-41(50)20-12-27-52-49)56-34-23-25-37-39(28-34)48-53-44(32-14-7-5-8-15-32)46(33-16-9-6-10-17-33)54(48)42-21-13-26-51-45(37)42/h5-31H,1-4H3. The molecule has 5 aromatic heterocycles. The van der Waals surface area contributed by atoms with Gasteiger partial charge in [-0.15, -0.1) is 0 Å². The first kappa shape index (κ1) is 32.6. The number of nitrogens with zero attached hydrogens (tertiary/aromatic N) is 5. The number of benzene rings is 5. The van der Waals surface area contributed by atoms with E-state index in [-0.39, 0.29) is 5.41 Å². The van der Waals surface area contributed by atoms with E-state index in [1.165, 1.54) is 27.4 Å². The van der Waals surface area contributed by atoms with Crippen molar-refractivity contribution in [1.82, 2.24) is 23.9 Å². The fourth-order valence-corrected chi connectivity index (χ4v) is 10.0. The minimum absolute atomic E-state index is 0.171. The molecule has 0 N–H and O–H groups in total. The third kappa shape index (κ3) is 4.41. The largest absolute Gasteiger partial charge is 0.457 e. The lowest BCUT2D eigenvalue weighted by atomic mass is 9.59. The highest BCUT2D eigenvalue weighted by atomic mass is 16.5. The van der Waals surface area contributed by atoms with E-state index in [2.05, 4.69) is 158 Å². The molecule has 10 aromatic rings. The molecule has 6 heterocycles. The topological polar surface area (TPSA) is 57.2 Å². The van der Waals surface area contributed by atoms with Crippen molar-refractivity contribution in [1.29, 1.82) is 0 Å². The zero-order chi connectivity index (χ0) is 37.7. The van der Waals surface area contributed by atoms with Crippen LogP contribution < -0.4 is 4.74 Å². The molecule has 0 amide bonds. The lowest BCUT2D eigenvalue weighted by molar-refractivity contribution is 0.271. The number of imidazole rings is 1. The van der Waals surface area contributed by atoms with Crippen LogP contribution in [0, 0.1) is 11.8 Å². The van der Waals surface area contributed by atoms with Crippen molar-refractivity contribution in [2.24, 2.45) is 11.8 Å². The lowest BCUT2D eigenvalue weighted by Crippen LogP contribution is -2.42. The normalized spacial score (nSPS) is 13.5. The molecule has 270 valence electrons. The van der Waals surface area contributed by atoms with Crippen molar-refractivity contribution < 1.29 is 4.74 Å². The number of para-hydroxylation sites is 1. The van der Waals surface area contributed by atoms with Gasteiger partial charge in [0.2, 0.25) is 0 Å². The molecule has 6 nitrogen and oxygen atoms in total. The van der Waals surface area contributed by atoms with Gasteiger partial charge in [0.25, 0.3) is 0 Å². The molecule has 0 saturated carbocycles. The van der Waals surface area contributed by atoms with Crippen molar-refractivity contribution in [2.75, 3.05) is 0 Å². The summed E-state index contributed by atoms with van der Waals surface area (Å²) in [5, 5.41) is 4.42. The monoisotopic (exact) mass is 725 g/mol. The second-order valence-corrected chi connectivity index (χ2v) is 15.6. The number of rotatable bonds is 6. The molecule has 6 heteroatoms. The van der Waals surface area contributed by atoms with Crippen LogP contribution in [0.15, 0.2) is 152 Å². The van der Waals surface area contributed by atoms with Gasteiger partial charge in [0.15, 0.2) is 0 Å². The van der Waals surface area contributed by atoms with Crippen molar-refractivity contribution in [3.8, 4) is 39.8 Å². The summed E-state index contributed by atoms with van der Waals surface area (Å²) in [6, 6.07) is 49.0. The summed E-state index contributed by atoms with van der Waals surface area (Å²) in [5.41, 5.74) is 11.7. The Morgan fingerprint density at radius 3 is 2.00 bits per heavy atom. The molecule has 0 spiro atoms. The van der Waals surface area contributed by atoms with E-state index in [9.17, 15) is 0 Å². The predicted molar refractivity (Wildman–Crippen MR) is 228 cm³/mol. The SMILES string of the molecule is CC(C)C1(C(C)C)c2cccnc2-n2c3cc(Oc4ccc5c(c4)c4nc(-c6ccccc6)c(-c6ccccc6)n4c4cccnc54)ccc3c3cccc1c32. The van der Waals surface area contributed by atoms with Crippen LogP contribution in [0.25, 0.3) is 77.6 Å². The van der Waals surface area contributed by atoms with Gasteiger partial charge in [0.1, 0.15) is 23.0 Å². The number of fused-ring (bicyclic) bond motifs is 11. The molecule has 0 radical (unpaired) electrons. The maximum Gasteiger partial charge on any atom is 0.146 e. The first-order valence-electron chi connectivity index (χ1n) is 19.5. The highest BCUT2D eigenvalue weighted by Crippen LogP contribution is 2.54. The Bertz CT molecular complexity index is 3170. The Labute approximate surface area is 324 Å². The molecular weight excluding hydrogens is 687 g/mol. The van der Waals surface area contributed by atoms with E-state index in [0.29, 0.717) is 11.8 Å². The van der Waals surface area contributed by atoms with Gasteiger partial charge in [-0.2, -0.15) is 0 Å². The molecule has 0 saturated heterocycles. The summed E-state index contributed by atoms with van der Waals surface area (Å²) >= 11 is 0. The highest BCUT2D eigenvalue weighted by Gasteiger charge is 2.47. The molecule has 0 aliphatic carbocycles. The molecule has 0 fully saturated rings. The molecule has 5 aromatic carbocycles. The van der Waals surface area contributed by atoms with Crippen LogP contribution in [0.5, 0.6) is 11.5 Å². The van der Waals surface area contributed by atoms with Gasteiger partial charge in [0, 0.05) is 62.1 Å². The Kier molecular flexibility index (Phi) is 7.05. The van der Waals surface area contributed by atoms with Gasteiger partial charge < -0.3 is 4.74 Å². The van der Waals surface area contributed by atoms with Gasteiger partial charge in [-0.05, 0) is 65.9 Å². The van der Waals surface area contributed by atoms with Gasteiger partial charge >= 0.3 is 0 Å². The van der Waals surface area contributed by atoms with Gasteiger partial charge in [0.05, 0.1) is 33.5 Å². The molecule has 0 unspecified atom stereocenters. The van der Waals surface area contributed by atoms with E-state index < -0.39 is 0 Å². The average Bonchev–Trinajstić information content (AvgIpc) is 3.80. The summed E-state index contributed by atoms with van der Waals surface area (Å²) in [6.07, 6.45) is 3.79. The van der Waals surface area contributed by atoms with Crippen LogP contribution in [0.3, 0.4) is 0 Å². The van der Waals surface area contributed by atoms with Gasteiger partial charge in [-0.25, -0.2) is 9.97 Å². The quantitative estimate of drug-likeness (QED) is 0.160. The minimum Gasteiger partial charge on any atom is -0.457 e. The number of ether oxygens (including phenoxy) is 1. The van der Waals surface area contributed by atoms with Crippen LogP contribution in [0.2, 0.25) is 0 Å². The van der Waals surface area contributed by atoms with Crippen LogP contribution in [0.4, 0.5) is 0 Å². The number of pyridine rings is 3. The van der Waals surface area contributed by atoms with E-state index in [4.69, 9.17) is 19.7 Å². The Morgan fingerprint density at radius 1 is 0.554 bits per heavy atom. The third-order valence-electron chi connectivity index (χ3n) is 12.2. The summed E-state index contributed by atoms with van der Waals surface area (Å²) in [5.74, 6) is 3.23. The average molecular weight is 726 g/mol. The van der Waals surface area contributed by atoms with Crippen LogP contribution in [-0.4, -0.2) is 23.9 Å². The second kappa shape index (κ2) is 12.1. The molecule has 0 atom stereocenters. The molecule has 0 bridgehead atoms. The van der Waals surface area contributed by atoms with Gasteiger partial charge in [-0.3, -0.25) is 14.0 Å². The van der Waals surface area contributed by atoms with E-state index in [0.717, 1.165) is 72.8 Å². The predicted octanol–water partition coefficient (Wildman–Crippen LogP) is 12.6. The lowest BCUT2D eigenvalue weighted by Gasteiger charge is -2.46. The third-order valence-corrected chi connectivity index (χ3v) is 12.2. The summed E-state index contributed by atoms with van der Waals surface area (Å²) in [4.78, 5) is 15.4. The Hall–Kier alpha value is -6.79. The smallest absolute Gasteiger partial charge is 0.146 e. The summed E-state index contributed by atoms with van der Waals surface area (Å²) in [7, 11) is 0. The van der Waals surface area contributed by atoms with E-state index in [1.807, 2.05) is 30.6 Å². The number of hydrogen-bond donors (Lipinski definition) is 0. The highest BCUT2D eigenvalue weighted by molar-refractivity contribution is 6.13. The van der Waals surface area contributed by atoms with Crippen molar-refractivity contribution in [3.05, 3.63) is 163 Å². The fraction of sp³-hybridized carbons (Fsp3) is 0.140. The fourth-order valence-electron chi connectivity index (χ4n) is 10.0. The zero-order valence-corrected chi connectivity index (χ0v) is 31.7. The molecular formula is C50H39N5O. The van der Waals surface area contributed by atoms with E-state index in [1.54, 1.807) is 0 Å².